The summed E-state index contributed by atoms with van der Waals surface area (Å²) in [7, 11) is 0. The van der Waals surface area contributed by atoms with Gasteiger partial charge in [-0.1, -0.05) is 25.5 Å². The van der Waals surface area contributed by atoms with Gasteiger partial charge in [-0.05, 0) is 99.3 Å². The van der Waals surface area contributed by atoms with E-state index in [-0.39, 0.29) is 11.9 Å². The van der Waals surface area contributed by atoms with Crippen LogP contribution in [0.2, 0.25) is 0 Å². The molecule has 39 heavy (non-hydrogen) atoms. The van der Waals surface area contributed by atoms with E-state index in [1.54, 1.807) is 36.4 Å². The molecule has 0 heterocycles. The summed E-state index contributed by atoms with van der Waals surface area (Å²) in [5.74, 6) is 0.221. The van der Waals surface area contributed by atoms with Crippen molar-refractivity contribution >= 4 is 35.4 Å². The number of hydrogen-bond donors (Lipinski definition) is 2. The zero-order valence-corrected chi connectivity index (χ0v) is 22.7. The van der Waals surface area contributed by atoms with Crippen LogP contribution in [-0.4, -0.2) is 31.1 Å². The summed E-state index contributed by atoms with van der Waals surface area (Å²) in [6.45, 7) is 2.82. The number of hydrogen-bond acceptors (Lipinski definition) is 8. The van der Waals surface area contributed by atoms with Crippen LogP contribution >= 0.6 is 0 Å². The number of nitrogens with two attached hydrogens (primary N) is 2. The lowest BCUT2D eigenvalue weighted by atomic mass is 9.81. The zero-order valence-electron chi connectivity index (χ0n) is 22.7. The molecule has 0 saturated heterocycles. The van der Waals surface area contributed by atoms with E-state index < -0.39 is 11.9 Å². The number of carbonyl (C=O) groups excluding carboxylic acids is 3. The molecule has 0 atom stereocenters. The molecule has 1 fully saturated rings. The van der Waals surface area contributed by atoms with Gasteiger partial charge in [0.15, 0.2) is 0 Å². The number of benzene rings is 2. The second kappa shape index (κ2) is 15.6. The molecule has 0 radical (unpaired) electrons. The fraction of sp³-hybridized carbons (Fsp3) is 0.452. The number of esters is 3. The van der Waals surface area contributed by atoms with Crippen molar-refractivity contribution in [2.75, 3.05) is 24.7 Å². The monoisotopic (exact) mass is 536 g/mol. The van der Waals surface area contributed by atoms with Crippen molar-refractivity contribution in [3.63, 3.8) is 0 Å². The summed E-state index contributed by atoms with van der Waals surface area (Å²) >= 11 is 0. The van der Waals surface area contributed by atoms with E-state index in [1.165, 1.54) is 24.6 Å². The molecule has 1 aliphatic carbocycles. The predicted molar refractivity (Wildman–Crippen MR) is 152 cm³/mol. The summed E-state index contributed by atoms with van der Waals surface area (Å²) in [6, 6.07) is 11.7. The average Bonchev–Trinajstić information content (AvgIpc) is 2.93. The summed E-state index contributed by atoms with van der Waals surface area (Å²) < 4.78 is 16.0. The molecule has 4 N–H and O–H groups in total. The molecule has 0 spiro atoms. The minimum atomic E-state index is -0.449. The summed E-state index contributed by atoms with van der Waals surface area (Å²) in [4.78, 5) is 36.5. The van der Waals surface area contributed by atoms with E-state index in [4.69, 9.17) is 25.7 Å². The van der Waals surface area contributed by atoms with Crippen molar-refractivity contribution in [2.24, 2.45) is 11.8 Å². The molecular weight excluding hydrogens is 496 g/mol. The highest BCUT2D eigenvalue weighted by atomic mass is 16.5. The van der Waals surface area contributed by atoms with Crippen molar-refractivity contribution in [3.8, 4) is 5.75 Å². The highest BCUT2D eigenvalue weighted by Crippen LogP contribution is 2.31. The quantitative estimate of drug-likeness (QED) is 0.106. The molecule has 0 aromatic heterocycles. The maximum Gasteiger partial charge on any atom is 0.338 e. The van der Waals surface area contributed by atoms with Gasteiger partial charge >= 0.3 is 17.9 Å². The summed E-state index contributed by atoms with van der Waals surface area (Å²) in [5.41, 5.74) is 13.4. The Morgan fingerprint density at radius 3 is 2.08 bits per heavy atom. The van der Waals surface area contributed by atoms with Crippen LogP contribution in [0.1, 0.15) is 80.6 Å². The van der Waals surface area contributed by atoms with E-state index in [0.717, 1.165) is 56.4 Å². The minimum Gasteiger partial charge on any atom is -0.463 e. The van der Waals surface area contributed by atoms with Crippen LogP contribution in [0.5, 0.6) is 5.75 Å². The van der Waals surface area contributed by atoms with Gasteiger partial charge in [0.05, 0.1) is 24.7 Å². The zero-order chi connectivity index (χ0) is 28.0. The maximum absolute atomic E-state index is 12.4. The lowest BCUT2D eigenvalue weighted by Gasteiger charge is -2.26. The van der Waals surface area contributed by atoms with Gasteiger partial charge in [0.2, 0.25) is 0 Å². The van der Waals surface area contributed by atoms with Crippen molar-refractivity contribution < 1.29 is 28.6 Å². The van der Waals surface area contributed by atoms with Crippen LogP contribution in [0.3, 0.4) is 0 Å². The van der Waals surface area contributed by atoms with E-state index in [1.807, 2.05) is 0 Å². The average molecular weight is 537 g/mol. The first-order chi connectivity index (χ1) is 18.8. The second-order valence-corrected chi connectivity index (χ2v) is 10.1. The van der Waals surface area contributed by atoms with Crippen LogP contribution in [0, 0.1) is 11.8 Å². The van der Waals surface area contributed by atoms with Gasteiger partial charge in [0, 0.05) is 17.5 Å². The van der Waals surface area contributed by atoms with Crippen LogP contribution in [0.4, 0.5) is 11.4 Å². The highest BCUT2D eigenvalue weighted by Gasteiger charge is 2.26. The molecular formula is C31H40N2O6. The number of carbonyl (C=O) groups is 3. The lowest BCUT2D eigenvalue weighted by Crippen LogP contribution is -2.25. The molecule has 3 rings (SSSR count). The van der Waals surface area contributed by atoms with Gasteiger partial charge in [-0.3, -0.25) is 4.79 Å². The molecule has 210 valence electrons. The Hall–Kier alpha value is -3.81. The third-order valence-corrected chi connectivity index (χ3v) is 7.00. The molecule has 1 saturated carbocycles. The largest absolute Gasteiger partial charge is 0.463 e. The number of ether oxygens (including phenoxy) is 3. The Morgan fingerprint density at radius 2 is 1.46 bits per heavy atom. The smallest absolute Gasteiger partial charge is 0.338 e. The first-order valence-corrected chi connectivity index (χ1v) is 13.8. The molecule has 8 heteroatoms. The fourth-order valence-corrected chi connectivity index (χ4v) is 4.64. The number of rotatable bonds is 13. The molecule has 0 unspecified atom stereocenters. The van der Waals surface area contributed by atoms with Crippen molar-refractivity contribution in [1.29, 1.82) is 0 Å². The normalized spacial score (nSPS) is 17.1. The van der Waals surface area contributed by atoms with E-state index >= 15 is 0 Å². The molecule has 1 aliphatic rings. The fourth-order valence-electron chi connectivity index (χ4n) is 4.64. The number of unbranched alkanes of at least 4 members (excludes halogenated alkanes) is 3. The highest BCUT2D eigenvalue weighted by molar-refractivity contribution is 5.91. The Bertz CT molecular complexity index is 1100. The Kier molecular flexibility index (Phi) is 11.9. The molecule has 8 nitrogen and oxygen atoms in total. The first-order valence-electron chi connectivity index (χ1n) is 13.8. The number of anilines is 2. The standard InChI is InChI=1S/C31H40N2O6/c1-2-22-7-12-24(13-8-22)31(36)39-28-14-9-23(10-15-28)11-16-29(34)37-17-5-3-4-6-18-38-30(35)25-19-26(32)21-27(33)20-25/h9-11,14-16,19-22,24H,2-8,12-13,17-18,32-33H2,1H3/b16-11+. The minimum absolute atomic E-state index is 0.0140. The van der Waals surface area contributed by atoms with E-state index in [0.29, 0.717) is 42.3 Å². The van der Waals surface area contributed by atoms with Gasteiger partial charge in [0.1, 0.15) is 5.75 Å². The third-order valence-electron chi connectivity index (χ3n) is 7.00. The Labute approximate surface area is 230 Å². The van der Waals surface area contributed by atoms with Gasteiger partial charge < -0.3 is 25.7 Å². The lowest BCUT2D eigenvalue weighted by molar-refractivity contribution is -0.140. The SMILES string of the molecule is CCC1CCC(C(=O)Oc2ccc(/C=C/C(=O)OCCCCCCOC(=O)c3cc(N)cc(N)c3)cc2)CC1. The molecule has 0 bridgehead atoms. The van der Waals surface area contributed by atoms with E-state index in [2.05, 4.69) is 6.92 Å². The first kappa shape index (κ1) is 29.7. The molecule has 2 aromatic carbocycles. The number of nitrogen functional groups attached to an aromatic ring is 2. The predicted octanol–water partition coefficient (Wildman–Crippen LogP) is 5.95. The van der Waals surface area contributed by atoms with Crippen LogP contribution < -0.4 is 16.2 Å². The van der Waals surface area contributed by atoms with Gasteiger partial charge in [0.25, 0.3) is 0 Å². The maximum atomic E-state index is 12.4. The topological polar surface area (TPSA) is 131 Å². The molecule has 2 aromatic rings. The van der Waals surface area contributed by atoms with Crippen molar-refractivity contribution in [2.45, 2.75) is 64.7 Å². The molecule has 0 aliphatic heterocycles. The summed E-state index contributed by atoms with van der Waals surface area (Å²) in [5, 5.41) is 0. The van der Waals surface area contributed by atoms with Gasteiger partial charge in [-0.25, -0.2) is 9.59 Å². The molecule has 0 amide bonds. The summed E-state index contributed by atoms with van der Waals surface area (Å²) in [6.07, 6.45) is 11.3. The third kappa shape index (κ3) is 10.5. The Morgan fingerprint density at radius 1 is 0.846 bits per heavy atom. The van der Waals surface area contributed by atoms with E-state index in [9.17, 15) is 14.4 Å². The Balaban J connectivity index is 1.25. The van der Waals surface area contributed by atoms with Gasteiger partial charge in [-0.15, -0.1) is 0 Å². The van der Waals surface area contributed by atoms with Crippen LogP contribution in [-0.2, 0) is 19.1 Å². The van der Waals surface area contributed by atoms with Crippen molar-refractivity contribution in [1.82, 2.24) is 0 Å². The van der Waals surface area contributed by atoms with Gasteiger partial charge in [-0.2, -0.15) is 0 Å². The van der Waals surface area contributed by atoms with Crippen LogP contribution in [0.15, 0.2) is 48.5 Å². The van der Waals surface area contributed by atoms with Crippen LogP contribution in [0.25, 0.3) is 6.08 Å². The second-order valence-electron chi connectivity index (χ2n) is 10.1. The van der Waals surface area contributed by atoms with Crippen molar-refractivity contribution in [3.05, 3.63) is 59.7 Å².